The Morgan fingerprint density at radius 2 is 1.65 bits per heavy atom. The molecule has 3 aliphatic heterocycles. The maximum absolute atomic E-state index is 12.0. The van der Waals surface area contributed by atoms with Crippen molar-refractivity contribution in [1.29, 1.82) is 0 Å². The van der Waals surface area contributed by atoms with Crippen LogP contribution in [0.15, 0.2) is 0 Å². The topological polar surface area (TPSA) is 36.0 Å². The number of rotatable bonds is 3. The smallest absolute Gasteiger partial charge is 0.409 e. The summed E-state index contributed by atoms with van der Waals surface area (Å²) in [7, 11) is 0. The molecule has 0 radical (unpaired) electrons. The molecule has 3 saturated heterocycles. The Morgan fingerprint density at radius 3 is 2.38 bits per heavy atom. The molecule has 26 heavy (non-hydrogen) atoms. The number of piperidine rings is 1. The Kier molecular flexibility index (Phi) is 6.04. The Balaban J connectivity index is 1.43. The lowest BCUT2D eigenvalue weighted by atomic mass is 9.78. The summed E-state index contributed by atoms with van der Waals surface area (Å²) in [6, 6.07) is 2.23. The first-order valence-electron chi connectivity index (χ1n) is 11.2. The molecule has 0 spiro atoms. The highest BCUT2D eigenvalue weighted by Gasteiger charge is 2.45. The van der Waals surface area contributed by atoms with Crippen molar-refractivity contribution in [3.63, 3.8) is 0 Å². The largest absolute Gasteiger partial charge is 0.450 e. The van der Waals surface area contributed by atoms with Gasteiger partial charge in [0.15, 0.2) is 0 Å². The zero-order chi connectivity index (χ0) is 17.9. The van der Waals surface area contributed by atoms with Gasteiger partial charge in [0.1, 0.15) is 0 Å². The third kappa shape index (κ3) is 3.75. The summed E-state index contributed by atoms with van der Waals surface area (Å²) < 4.78 is 5.20. The van der Waals surface area contributed by atoms with Gasteiger partial charge >= 0.3 is 6.09 Å². The minimum Gasteiger partial charge on any atom is -0.450 e. The van der Waals surface area contributed by atoms with Crippen LogP contribution in [0.25, 0.3) is 0 Å². The summed E-state index contributed by atoms with van der Waals surface area (Å²) >= 11 is 0. The Labute approximate surface area is 159 Å². The van der Waals surface area contributed by atoms with E-state index in [1.54, 1.807) is 0 Å². The van der Waals surface area contributed by atoms with Crippen LogP contribution in [0.3, 0.4) is 0 Å². The minimum atomic E-state index is -0.115. The van der Waals surface area contributed by atoms with Gasteiger partial charge in [-0.25, -0.2) is 4.79 Å². The molecule has 4 rings (SSSR count). The van der Waals surface area contributed by atoms with Gasteiger partial charge in [0.05, 0.1) is 6.61 Å². The summed E-state index contributed by atoms with van der Waals surface area (Å²) in [4.78, 5) is 19.6. The van der Waals surface area contributed by atoms with Crippen LogP contribution in [0.1, 0.15) is 64.7 Å². The van der Waals surface area contributed by atoms with Gasteiger partial charge in [0.2, 0.25) is 0 Å². The van der Waals surface area contributed by atoms with Gasteiger partial charge in [-0.3, -0.25) is 9.80 Å². The third-order valence-corrected chi connectivity index (χ3v) is 7.43. The van der Waals surface area contributed by atoms with Gasteiger partial charge < -0.3 is 9.64 Å². The van der Waals surface area contributed by atoms with Crippen LogP contribution in [0, 0.1) is 5.92 Å². The van der Waals surface area contributed by atoms with E-state index < -0.39 is 0 Å². The molecule has 4 aliphatic rings. The lowest BCUT2D eigenvalue weighted by Gasteiger charge is -2.53. The maximum atomic E-state index is 12.0. The van der Waals surface area contributed by atoms with E-state index in [0.29, 0.717) is 12.6 Å². The number of piperazine rings is 1. The second kappa shape index (κ2) is 8.47. The number of ether oxygens (including phenoxy) is 1. The number of hydrogen-bond donors (Lipinski definition) is 0. The number of carbonyl (C=O) groups is 1. The van der Waals surface area contributed by atoms with Crippen LogP contribution < -0.4 is 0 Å². The average Bonchev–Trinajstić information content (AvgIpc) is 3.17. The van der Waals surface area contributed by atoms with Crippen molar-refractivity contribution in [3.8, 4) is 0 Å². The van der Waals surface area contributed by atoms with Gasteiger partial charge in [0.25, 0.3) is 0 Å². The summed E-state index contributed by atoms with van der Waals surface area (Å²) in [5, 5.41) is 0. The van der Waals surface area contributed by atoms with Crippen LogP contribution in [0.5, 0.6) is 0 Å². The quantitative estimate of drug-likeness (QED) is 0.770. The van der Waals surface area contributed by atoms with E-state index in [-0.39, 0.29) is 6.09 Å². The Hall–Kier alpha value is -0.810. The third-order valence-electron chi connectivity index (χ3n) is 7.43. The molecular weight excluding hydrogens is 326 g/mol. The number of carbonyl (C=O) groups excluding carboxylic acids is 1. The molecule has 5 heteroatoms. The normalized spacial score (nSPS) is 32.6. The molecule has 0 unspecified atom stereocenters. The highest BCUT2D eigenvalue weighted by atomic mass is 16.6. The van der Waals surface area contributed by atoms with Crippen LogP contribution in [-0.4, -0.2) is 78.2 Å². The summed E-state index contributed by atoms with van der Waals surface area (Å²) in [5.74, 6) is 0.901. The van der Waals surface area contributed by atoms with Crippen molar-refractivity contribution < 1.29 is 9.53 Å². The van der Waals surface area contributed by atoms with Crippen molar-refractivity contribution >= 4 is 6.09 Å². The van der Waals surface area contributed by atoms with Gasteiger partial charge in [-0.05, 0) is 57.9 Å². The van der Waals surface area contributed by atoms with Crippen molar-refractivity contribution in [2.24, 2.45) is 5.92 Å². The zero-order valence-electron chi connectivity index (χ0n) is 16.6. The van der Waals surface area contributed by atoms with Crippen LogP contribution in [0.4, 0.5) is 4.79 Å². The van der Waals surface area contributed by atoms with E-state index in [0.717, 1.165) is 43.9 Å². The van der Waals surface area contributed by atoms with E-state index in [9.17, 15) is 4.79 Å². The monoisotopic (exact) mass is 363 g/mol. The van der Waals surface area contributed by atoms with Gasteiger partial charge in [0, 0.05) is 44.3 Å². The van der Waals surface area contributed by atoms with Crippen LogP contribution in [-0.2, 0) is 4.74 Å². The molecule has 1 aliphatic carbocycles. The standard InChI is InChI=1S/C21H37N3O2/c1-2-26-21(25)23-13-10-18(11-14-23)24-16-15-22-12-6-9-19(22)20(24)17-7-4-3-5-8-17/h17-20H,2-16H2,1H3/t19-,20-/m0/s1. The predicted molar refractivity (Wildman–Crippen MR) is 103 cm³/mol. The number of nitrogens with zero attached hydrogens (tertiary/aromatic N) is 3. The average molecular weight is 364 g/mol. The van der Waals surface area contributed by atoms with E-state index >= 15 is 0 Å². The molecule has 1 saturated carbocycles. The van der Waals surface area contributed by atoms with E-state index in [4.69, 9.17) is 4.74 Å². The molecule has 5 nitrogen and oxygen atoms in total. The highest BCUT2D eigenvalue weighted by molar-refractivity contribution is 5.67. The van der Waals surface area contributed by atoms with Crippen molar-refractivity contribution in [1.82, 2.24) is 14.7 Å². The fraction of sp³-hybridized carbons (Fsp3) is 0.952. The molecule has 4 fully saturated rings. The molecule has 0 bridgehead atoms. The maximum Gasteiger partial charge on any atom is 0.409 e. The molecule has 148 valence electrons. The van der Waals surface area contributed by atoms with Crippen molar-refractivity contribution in [2.45, 2.75) is 82.8 Å². The molecule has 0 aromatic rings. The zero-order valence-corrected chi connectivity index (χ0v) is 16.6. The van der Waals surface area contributed by atoms with E-state index in [1.807, 2.05) is 11.8 Å². The molecule has 3 heterocycles. The van der Waals surface area contributed by atoms with Crippen LogP contribution in [0.2, 0.25) is 0 Å². The number of likely N-dealkylation sites (tertiary alicyclic amines) is 1. The SMILES string of the molecule is CCOC(=O)N1CCC(N2CCN3CCC[C@H]3[C@@H]2C2CCCCC2)CC1. The predicted octanol–water partition coefficient (Wildman–Crippen LogP) is 3.34. The van der Waals surface area contributed by atoms with E-state index in [1.165, 1.54) is 64.6 Å². The first-order valence-corrected chi connectivity index (χ1v) is 11.2. The molecule has 0 aromatic heterocycles. The lowest BCUT2D eigenvalue weighted by molar-refractivity contribution is -0.0382. The van der Waals surface area contributed by atoms with Crippen molar-refractivity contribution in [3.05, 3.63) is 0 Å². The Bertz CT molecular complexity index is 472. The second-order valence-electron chi connectivity index (χ2n) is 8.79. The lowest BCUT2D eigenvalue weighted by Crippen LogP contribution is -2.64. The molecule has 2 atom stereocenters. The summed E-state index contributed by atoms with van der Waals surface area (Å²) in [6.07, 6.45) is 12.1. The highest BCUT2D eigenvalue weighted by Crippen LogP contribution is 2.39. The van der Waals surface area contributed by atoms with Crippen molar-refractivity contribution in [2.75, 3.05) is 39.3 Å². The Morgan fingerprint density at radius 1 is 0.885 bits per heavy atom. The molecule has 0 aromatic carbocycles. The minimum absolute atomic E-state index is 0.115. The van der Waals surface area contributed by atoms with E-state index in [2.05, 4.69) is 9.80 Å². The fourth-order valence-electron chi connectivity index (χ4n) is 6.21. The molecule has 1 amide bonds. The summed E-state index contributed by atoms with van der Waals surface area (Å²) in [6.45, 7) is 7.92. The van der Waals surface area contributed by atoms with Gasteiger partial charge in [-0.1, -0.05) is 19.3 Å². The first-order chi connectivity index (χ1) is 12.8. The molecular formula is C21H37N3O2. The molecule has 0 N–H and O–H groups in total. The number of fused-ring (bicyclic) bond motifs is 1. The van der Waals surface area contributed by atoms with Gasteiger partial charge in [-0.2, -0.15) is 0 Å². The fourth-order valence-corrected chi connectivity index (χ4v) is 6.21. The number of hydrogen-bond acceptors (Lipinski definition) is 4. The first kappa shape index (κ1) is 18.5. The number of amides is 1. The van der Waals surface area contributed by atoms with Gasteiger partial charge in [-0.15, -0.1) is 0 Å². The van der Waals surface area contributed by atoms with Crippen LogP contribution >= 0.6 is 0 Å². The summed E-state index contributed by atoms with van der Waals surface area (Å²) in [5.41, 5.74) is 0. The second-order valence-corrected chi connectivity index (χ2v) is 8.79.